The molecule has 0 fully saturated rings. The van der Waals surface area contributed by atoms with Crippen molar-refractivity contribution in [2.24, 2.45) is 0 Å². The molecule has 20 heavy (non-hydrogen) atoms. The molecule has 0 unspecified atom stereocenters. The molecule has 0 amide bonds. The van der Waals surface area contributed by atoms with E-state index in [0.29, 0.717) is 10.6 Å². The van der Waals surface area contributed by atoms with Gasteiger partial charge in [0.1, 0.15) is 16.8 Å². The van der Waals surface area contributed by atoms with E-state index in [-0.39, 0.29) is 11.3 Å². The monoisotopic (exact) mass is 285 g/mol. The fraction of sp³-hybridized carbons (Fsp3) is 0.143. The minimum atomic E-state index is -1.01. The highest BCUT2D eigenvalue weighted by Gasteiger charge is 2.16. The lowest BCUT2D eigenvalue weighted by atomic mass is 10.1. The second-order valence-corrected chi connectivity index (χ2v) is 5.22. The van der Waals surface area contributed by atoms with Crippen LogP contribution in [-0.4, -0.2) is 21.0 Å². The molecule has 0 aromatic carbocycles. The van der Waals surface area contributed by atoms with E-state index in [9.17, 15) is 9.90 Å². The molecule has 2 heterocycles. The molecule has 6 heteroatoms. The van der Waals surface area contributed by atoms with Crippen molar-refractivity contribution >= 4 is 17.7 Å². The number of rotatable bonds is 3. The average Bonchev–Trinajstić information content (AvgIpc) is 2.37. The summed E-state index contributed by atoms with van der Waals surface area (Å²) in [6, 6.07) is 7.01. The quantitative estimate of drug-likeness (QED) is 0.933. The van der Waals surface area contributed by atoms with E-state index >= 15 is 0 Å². The molecular formula is C14H11N3O2S. The third-order valence-electron chi connectivity index (χ3n) is 2.59. The molecule has 0 bridgehead atoms. The molecular weight excluding hydrogens is 274 g/mol. The van der Waals surface area contributed by atoms with Gasteiger partial charge in [-0.25, -0.2) is 14.8 Å². The Morgan fingerprint density at radius 3 is 2.80 bits per heavy atom. The molecule has 100 valence electrons. The van der Waals surface area contributed by atoms with E-state index in [1.165, 1.54) is 18.0 Å². The van der Waals surface area contributed by atoms with Crippen LogP contribution in [0.2, 0.25) is 0 Å². The summed E-state index contributed by atoms with van der Waals surface area (Å²) < 4.78 is 0. The summed E-state index contributed by atoms with van der Waals surface area (Å²) in [5, 5.41) is 18.5. The maximum absolute atomic E-state index is 11.3. The number of carboxylic acid groups (broad SMARTS) is 1. The number of carboxylic acids is 1. The fourth-order valence-electron chi connectivity index (χ4n) is 1.78. The van der Waals surface area contributed by atoms with Crippen LogP contribution < -0.4 is 0 Å². The lowest BCUT2D eigenvalue weighted by Crippen LogP contribution is -2.05. The van der Waals surface area contributed by atoms with Gasteiger partial charge in [0, 0.05) is 16.8 Å². The smallest absolute Gasteiger partial charge is 0.338 e. The molecule has 0 saturated carbocycles. The zero-order valence-electron chi connectivity index (χ0n) is 10.9. The summed E-state index contributed by atoms with van der Waals surface area (Å²) in [6.45, 7) is 3.56. The van der Waals surface area contributed by atoms with Gasteiger partial charge in [-0.1, -0.05) is 11.8 Å². The topological polar surface area (TPSA) is 86.9 Å². The number of hydrogen-bond acceptors (Lipinski definition) is 5. The maximum Gasteiger partial charge on any atom is 0.338 e. The van der Waals surface area contributed by atoms with Crippen molar-refractivity contribution in [3.63, 3.8) is 0 Å². The van der Waals surface area contributed by atoms with Gasteiger partial charge < -0.3 is 5.11 Å². The van der Waals surface area contributed by atoms with Crippen LogP contribution in [0.1, 0.15) is 27.3 Å². The molecule has 2 aromatic heterocycles. The van der Waals surface area contributed by atoms with Gasteiger partial charge in [0.2, 0.25) is 0 Å². The number of aromatic nitrogens is 2. The first kappa shape index (κ1) is 14.0. The Bertz CT molecular complexity index is 723. The molecule has 0 atom stereocenters. The largest absolute Gasteiger partial charge is 0.478 e. The Balaban J connectivity index is 2.47. The fourth-order valence-corrected chi connectivity index (χ4v) is 2.85. The van der Waals surface area contributed by atoms with E-state index in [1.807, 2.05) is 13.0 Å². The number of pyridine rings is 2. The van der Waals surface area contributed by atoms with E-state index in [1.54, 1.807) is 25.1 Å². The molecule has 2 rings (SSSR count). The molecule has 1 N–H and O–H groups in total. The molecule has 0 spiro atoms. The summed E-state index contributed by atoms with van der Waals surface area (Å²) in [5.41, 5.74) is 1.90. The van der Waals surface area contributed by atoms with Crippen LogP contribution in [0.4, 0.5) is 0 Å². The molecule has 0 radical (unpaired) electrons. The first-order chi connectivity index (χ1) is 9.51. The summed E-state index contributed by atoms with van der Waals surface area (Å²) in [7, 11) is 0. The van der Waals surface area contributed by atoms with Crippen LogP contribution in [0, 0.1) is 25.2 Å². The summed E-state index contributed by atoms with van der Waals surface area (Å²) in [5.74, 6) is -1.01. The number of nitrogens with zero attached hydrogens (tertiary/aromatic N) is 3. The number of hydrogen-bond donors (Lipinski definition) is 1. The molecule has 0 aliphatic carbocycles. The normalized spacial score (nSPS) is 10.1. The van der Waals surface area contributed by atoms with E-state index < -0.39 is 5.97 Å². The predicted octanol–water partition coefficient (Wildman–Crippen LogP) is 2.81. The van der Waals surface area contributed by atoms with Crippen molar-refractivity contribution in [2.45, 2.75) is 23.8 Å². The third-order valence-corrected chi connectivity index (χ3v) is 3.56. The van der Waals surface area contributed by atoms with Gasteiger partial charge >= 0.3 is 5.97 Å². The van der Waals surface area contributed by atoms with E-state index in [0.717, 1.165) is 10.6 Å². The van der Waals surface area contributed by atoms with Gasteiger partial charge in [0.05, 0.1) is 5.56 Å². The highest BCUT2D eigenvalue weighted by atomic mass is 32.2. The molecule has 0 aliphatic rings. The Morgan fingerprint density at radius 2 is 2.15 bits per heavy atom. The molecule has 5 nitrogen and oxygen atoms in total. The number of nitriles is 1. The second kappa shape index (κ2) is 5.72. The van der Waals surface area contributed by atoms with Gasteiger partial charge in [-0.05, 0) is 37.6 Å². The van der Waals surface area contributed by atoms with Crippen LogP contribution in [0.3, 0.4) is 0 Å². The number of aryl methyl sites for hydroxylation is 2. The lowest BCUT2D eigenvalue weighted by molar-refractivity contribution is 0.0691. The van der Waals surface area contributed by atoms with Gasteiger partial charge in [-0.15, -0.1) is 0 Å². The number of carbonyl (C=O) groups is 1. The van der Waals surface area contributed by atoms with E-state index in [4.69, 9.17) is 5.26 Å². The van der Waals surface area contributed by atoms with Crippen molar-refractivity contribution in [3.8, 4) is 6.07 Å². The zero-order chi connectivity index (χ0) is 14.7. The Hall–Kier alpha value is -2.39. The SMILES string of the molecule is Cc1cc(C)c(C(=O)O)c(Sc2ccnc(C#N)c2)n1. The van der Waals surface area contributed by atoms with Crippen LogP contribution in [0.25, 0.3) is 0 Å². The zero-order valence-corrected chi connectivity index (χ0v) is 11.7. The predicted molar refractivity (Wildman–Crippen MR) is 73.7 cm³/mol. The summed E-state index contributed by atoms with van der Waals surface area (Å²) in [6.07, 6.45) is 1.52. The summed E-state index contributed by atoms with van der Waals surface area (Å²) in [4.78, 5) is 20.2. The Kier molecular flexibility index (Phi) is 4.01. The minimum Gasteiger partial charge on any atom is -0.478 e. The Morgan fingerprint density at radius 1 is 1.40 bits per heavy atom. The molecule has 0 aliphatic heterocycles. The highest BCUT2D eigenvalue weighted by Crippen LogP contribution is 2.30. The third kappa shape index (κ3) is 2.95. The molecule has 0 saturated heterocycles. The second-order valence-electron chi connectivity index (χ2n) is 4.16. The lowest BCUT2D eigenvalue weighted by Gasteiger charge is -2.09. The minimum absolute atomic E-state index is 0.191. The van der Waals surface area contributed by atoms with Crippen LogP contribution >= 0.6 is 11.8 Å². The van der Waals surface area contributed by atoms with Crippen molar-refractivity contribution in [3.05, 3.63) is 46.9 Å². The van der Waals surface area contributed by atoms with Crippen LogP contribution in [-0.2, 0) is 0 Å². The standard InChI is InChI=1S/C14H11N3O2S/c1-8-5-9(2)17-13(12(8)14(18)19)20-11-3-4-16-10(6-11)7-15/h3-6H,1-2H3,(H,18,19). The van der Waals surface area contributed by atoms with Gasteiger partial charge in [-0.2, -0.15) is 5.26 Å². The van der Waals surface area contributed by atoms with Gasteiger partial charge in [0.25, 0.3) is 0 Å². The van der Waals surface area contributed by atoms with Crippen molar-refractivity contribution in [2.75, 3.05) is 0 Å². The van der Waals surface area contributed by atoms with Gasteiger partial charge in [-0.3, -0.25) is 0 Å². The van der Waals surface area contributed by atoms with Crippen molar-refractivity contribution in [1.82, 2.24) is 9.97 Å². The Labute approximate surface area is 120 Å². The van der Waals surface area contributed by atoms with Crippen LogP contribution in [0.15, 0.2) is 34.3 Å². The highest BCUT2D eigenvalue weighted by molar-refractivity contribution is 7.99. The van der Waals surface area contributed by atoms with Crippen molar-refractivity contribution in [1.29, 1.82) is 5.26 Å². The van der Waals surface area contributed by atoms with Crippen molar-refractivity contribution < 1.29 is 9.90 Å². The van der Waals surface area contributed by atoms with E-state index in [2.05, 4.69) is 9.97 Å². The molecule has 2 aromatic rings. The average molecular weight is 285 g/mol. The number of aromatic carboxylic acids is 1. The first-order valence-electron chi connectivity index (χ1n) is 5.77. The first-order valence-corrected chi connectivity index (χ1v) is 6.58. The van der Waals surface area contributed by atoms with Gasteiger partial charge in [0.15, 0.2) is 0 Å². The van der Waals surface area contributed by atoms with Crippen LogP contribution in [0.5, 0.6) is 0 Å². The summed E-state index contributed by atoms with van der Waals surface area (Å²) >= 11 is 1.22. The maximum atomic E-state index is 11.3.